The van der Waals surface area contributed by atoms with Crippen LogP contribution in [0, 0.1) is 12.7 Å². The van der Waals surface area contributed by atoms with Gasteiger partial charge < -0.3 is 14.5 Å². The minimum atomic E-state index is -0.387. The third-order valence-corrected chi connectivity index (χ3v) is 3.20. The predicted octanol–water partition coefficient (Wildman–Crippen LogP) is 3.79. The van der Waals surface area contributed by atoms with Crippen molar-refractivity contribution in [1.82, 2.24) is 5.32 Å². The maximum atomic E-state index is 13.5. The molecule has 0 bridgehead atoms. The highest BCUT2D eigenvalue weighted by molar-refractivity contribution is 9.10. The summed E-state index contributed by atoms with van der Waals surface area (Å²) in [5, 5.41) is 3.06. The van der Waals surface area contributed by atoms with E-state index in [1.165, 1.54) is 6.07 Å². The molecule has 0 spiro atoms. The number of furan rings is 1. The molecule has 0 saturated carbocycles. The van der Waals surface area contributed by atoms with E-state index in [2.05, 4.69) is 21.2 Å². The zero-order valence-corrected chi connectivity index (χ0v) is 12.4. The molecule has 1 N–H and O–H groups in total. The molecule has 0 amide bonds. The van der Waals surface area contributed by atoms with E-state index in [0.29, 0.717) is 5.76 Å². The molecule has 102 valence electrons. The Morgan fingerprint density at radius 2 is 2.16 bits per heavy atom. The first-order valence-corrected chi connectivity index (χ1v) is 6.70. The molecule has 0 aliphatic rings. The van der Waals surface area contributed by atoms with Crippen LogP contribution in [0.3, 0.4) is 0 Å². The number of nitrogens with one attached hydrogen (secondary N) is 1. The third kappa shape index (κ3) is 3.58. The van der Waals surface area contributed by atoms with Crippen molar-refractivity contribution in [3.05, 3.63) is 51.6 Å². The molecule has 3 nitrogen and oxygen atoms in total. The van der Waals surface area contributed by atoms with E-state index in [0.717, 1.165) is 22.3 Å². The van der Waals surface area contributed by atoms with Crippen LogP contribution in [-0.4, -0.2) is 7.05 Å². The number of halogens is 2. The van der Waals surface area contributed by atoms with Gasteiger partial charge in [0.25, 0.3) is 0 Å². The van der Waals surface area contributed by atoms with Gasteiger partial charge in [-0.1, -0.05) is 15.9 Å². The van der Waals surface area contributed by atoms with Gasteiger partial charge in [-0.2, -0.15) is 0 Å². The second kappa shape index (κ2) is 6.21. The summed E-state index contributed by atoms with van der Waals surface area (Å²) in [6.45, 7) is 2.84. The number of hydrogen-bond acceptors (Lipinski definition) is 3. The Labute approximate surface area is 119 Å². The SMILES string of the molecule is CNCc1cc(COc2cc(Br)ccc2F)oc1C. The topological polar surface area (TPSA) is 34.4 Å². The average molecular weight is 328 g/mol. The largest absolute Gasteiger partial charge is 0.483 e. The average Bonchev–Trinajstić information content (AvgIpc) is 2.72. The molecule has 0 saturated heterocycles. The molecule has 1 heterocycles. The first-order chi connectivity index (χ1) is 9.10. The molecule has 0 unspecified atom stereocenters. The predicted molar refractivity (Wildman–Crippen MR) is 74.6 cm³/mol. The normalized spacial score (nSPS) is 10.7. The Balaban J connectivity index is 2.06. The minimum Gasteiger partial charge on any atom is -0.483 e. The molecular weight excluding hydrogens is 313 g/mol. The Morgan fingerprint density at radius 3 is 2.89 bits per heavy atom. The van der Waals surface area contributed by atoms with E-state index in [1.807, 2.05) is 20.0 Å². The highest BCUT2D eigenvalue weighted by Crippen LogP contribution is 2.24. The summed E-state index contributed by atoms with van der Waals surface area (Å²) in [5.41, 5.74) is 1.08. The van der Waals surface area contributed by atoms with E-state index in [-0.39, 0.29) is 18.2 Å². The summed E-state index contributed by atoms with van der Waals surface area (Å²) in [7, 11) is 1.87. The standard InChI is InChI=1S/C14H15BrFNO2/c1-9-10(7-17-2)5-12(19-9)8-18-14-6-11(15)3-4-13(14)16/h3-6,17H,7-8H2,1-2H3. The molecule has 19 heavy (non-hydrogen) atoms. The van der Waals surface area contributed by atoms with E-state index in [9.17, 15) is 4.39 Å². The van der Waals surface area contributed by atoms with Crippen molar-refractivity contribution in [2.45, 2.75) is 20.1 Å². The lowest BCUT2D eigenvalue weighted by molar-refractivity contribution is 0.256. The van der Waals surface area contributed by atoms with Gasteiger partial charge in [-0.05, 0) is 38.2 Å². The van der Waals surface area contributed by atoms with Crippen molar-refractivity contribution in [3.8, 4) is 5.75 Å². The summed E-state index contributed by atoms with van der Waals surface area (Å²) >= 11 is 3.28. The lowest BCUT2D eigenvalue weighted by Gasteiger charge is -2.05. The molecular formula is C14H15BrFNO2. The second-order valence-corrected chi connectivity index (χ2v) is 5.10. The van der Waals surface area contributed by atoms with Crippen LogP contribution >= 0.6 is 15.9 Å². The van der Waals surface area contributed by atoms with E-state index in [1.54, 1.807) is 12.1 Å². The van der Waals surface area contributed by atoms with Gasteiger partial charge in [-0.25, -0.2) is 4.39 Å². The van der Waals surface area contributed by atoms with Crippen LogP contribution < -0.4 is 10.1 Å². The van der Waals surface area contributed by atoms with Crippen molar-refractivity contribution in [2.75, 3.05) is 7.05 Å². The lowest BCUT2D eigenvalue weighted by Crippen LogP contribution is -2.04. The molecule has 2 rings (SSSR count). The van der Waals surface area contributed by atoms with Crippen LogP contribution in [0.2, 0.25) is 0 Å². The highest BCUT2D eigenvalue weighted by atomic mass is 79.9. The number of rotatable bonds is 5. The number of aryl methyl sites for hydroxylation is 1. The molecule has 1 aromatic heterocycles. The molecule has 0 fully saturated rings. The van der Waals surface area contributed by atoms with Gasteiger partial charge in [0, 0.05) is 16.6 Å². The number of hydrogen-bond donors (Lipinski definition) is 1. The van der Waals surface area contributed by atoms with Crippen LogP contribution in [0.25, 0.3) is 0 Å². The van der Waals surface area contributed by atoms with Gasteiger partial charge in [-0.3, -0.25) is 0 Å². The van der Waals surface area contributed by atoms with E-state index in [4.69, 9.17) is 9.15 Å². The smallest absolute Gasteiger partial charge is 0.165 e. The van der Waals surface area contributed by atoms with Gasteiger partial charge in [-0.15, -0.1) is 0 Å². The van der Waals surface area contributed by atoms with Crippen molar-refractivity contribution in [1.29, 1.82) is 0 Å². The van der Waals surface area contributed by atoms with E-state index < -0.39 is 0 Å². The molecule has 5 heteroatoms. The van der Waals surface area contributed by atoms with Gasteiger partial charge in [0.2, 0.25) is 0 Å². The van der Waals surface area contributed by atoms with Crippen LogP contribution in [0.5, 0.6) is 5.75 Å². The quantitative estimate of drug-likeness (QED) is 0.907. The first kappa shape index (κ1) is 14.1. The van der Waals surface area contributed by atoms with Gasteiger partial charge in [0.15, 0.2) is 11.6 Å². The molecule has 1 aromatic carbocycles. The summed E-state index contributed by atoms with van der Waals surface area (Å²) in [5.74, 6) is 1.35. The zero-order valence-electron chi connectivity index (χ0n) is 10.8. The minimum absolute atomic E-state index is 0.206. The maximum Gasteiger partial charge on any atom is 0.165 e. The van der Waals surface area contributed by atoms with Crippen LogP contribution in [0.15, 0.2) is 33.2 Å². The fraction of sp³-hybridized carbons (Fsp3) is 0.286. The number of ether oxygens (including phenoxy) is 1. The Morgan fingerprint density at radius 1 is 1.37 bits per heavy atom. The molecule has 0 atom stereocenters. The molecule has 2 aromatic rings. The first-order valence-electron chi connectivity index (χ1n) is 5.91. The fourth-order valence-electron chi connectivity index (χ4n) is 1.76. The van der Waals surface area contributed by atoms with Crippen LogP contribution in [0.4, 0.5) is 4.39 Å². The van der Waals surface area contributed by atoms with Crippen molar-refractivity contribution in [2.24, 2.45) is 0 Å². The van der Waals surface area contributed by atoms with Crippen molar-refractivity contribution >= 4 is 15.9 Å². The molecule has 0 aliphatic carbocycles. The summed E-state index contributed by atoms with van der Waals surface area (Å²) in [4.78, 5) is 0. The third-order valence-electron chi connectivity index (χ3n) is 2.70. The van der Waals surface area contributed by atoms with E-state index >= 15 is 0 Å². The zero-order chi connectivity index (χ0) is 13.8. The Bertz CT molecular complexity index is 569. The van der Waals surface area contributed by atoms with Gasteiger partial charge in [0.1, 0.15) is 18.1 Å². The Hall–Kier alpha value is -1.33. The van der Waals surface area contributed by atoms with Gasteiger partial charge in [0.05, 0.1) is 0 Å². The maximum absolute atomic E-state index is 13.5. The van der Waals surface area contributed by atoms with Gasteiger partial charge >= 0.3 is 0 Å². The Kier molecular flexibility index (Phi) is 4.61. The van der Waals surface area contributed by atoms with Crippen LogP contribution in [0.1, 0.15) is 17.1 Å². The fourth-order valence-corrected chi connectivity index (χ4v) is 2.10. The molecule has 0 aliphatic heterocycles. The summed E-state index contributed by atoms with van der Waals surface area (Å²) < 4.78 is 25.3. The summed E-state index contributed by atoms with van der Waals surface area (Å²) in [6.07, 6.45) is 0. The second-order valence-electron chi connectivity index (χ2n) is 4.19. The van der Waals surface area contributed by atoms with Crippen molar-refractivity contribution in [3.63, 3.8) is 0 Å². The summed E-state index contributed by atoms with van der Waals surface area (Å²) in [6, 6.07) is 6.50. The van der Waals surface area contributed by atoms with Crippen LogP contribution in [-0.2, 0) is 13.2 Å². The highest BCUT2D eigenvalue weighted by Gasteiger charge is 2.09. The molecule has 0 radical (unpaired) electrons. The van der Waals surface area contributed by atoms with Crippen molar-refractivity contribution < 1.29 is 13.5 Å². The lowest BCUT2D eigenvalue weighted by atomic mass is 10.2. The monoisotopic (exact) mass is 327 g/mol. The number of benzene rings is 1.